The Labute approximate surface area is 71.0 Å². The number of hydrogen-bond donors (Lipinski definition) is 0. The van der Waals surface area contributed by atoms with Crippen LogP contribution in [0.4, 0.5) is 0 Å². The molecule has 2 nitrogen and oxygen atoms in total. The molecule has 0 N–H and O–H groups in total. The fourth-order valence-corrected chi connectivity index (χ4v) is 2.14. The van der Waals surface area contributed by atoms with Crippen LogP contribution < -0.4 is 0 Å². The van der Waals surface area contributed by atoms with Crippen LogP contribution in [-0.4, -0.2) is 8.75 Å². The zero-order valence-corrected chi connectivity index (χ0v) is 7.69. The van der Waals surface area contributed by atoms with Gasteiger partial charge in [-0.1, -0.05) is 13.8 Å². The van der Waals surface area contributed by atoms with E-state index in [1.807, 2.05) is 0 Å². The van der Waals surface area contributed by atoms with Gasteiger partial charge in [0.1, 0.15) is 0 Å². The minimum atomic E-state index is 0.784. The first-order valence-electron chi connectivity index (χ1n) is 4.07. The predicted molar refractivity (Wildman–Crippen MR) is 45.6 cm³/mol. The molecule has 0 bridgehead atoms. The Morgan fingerprint density at radius 3 is 2.00 bits per heavy atom. The van der Waals surface area contributed by atoms with Gasteiger partial charge in [0.2, 0.25) is 0 Å². The van der Waals surface area contributed by atoms with Crippen LogP contribution >= 0.6 is 11.7 Å². The highest BCUT2D eigenvalue weighted by atomic mass is 32.1. The van der Waals surface area contributed by atoms with Crippen LogP contribution in [0.5, 0.6) is 0 Å². The van der Waals surface area contributed by atoms with Gasteiger partial charge in [-0.15, -0.1) is 0 Å². The van der Waals surface area contributed by atoms with Crippen molar-refractivity contribution in [1.82, 2.24) is 8.75 Å². The highest BCUT2D eigenvalue weighted by Crippen LogP contribution is 2.27. The van der Waals surface area contributed by atoms with E-state index in [4.69, 9.17) is 0 Å². The van der Waals surface area contributed by atoms with Crippen LogP contribution in [0.1, 0.15) is 25.2 Å². The smallest absolute Gasteiger partial charge is 0.0777 e. The molecular formula is C8H12N2S. The van der Waals surface area contributed by atoms with E-state index in [0.717, 1.165) is 24.7 Å². The van der Waals surface area contributed by atoms with Gasteiger partial charge in [0, 0.05) is 0 Å². The largest absolute Gasteiger partial charge is 0.178 e. The second-order valence-electron chi connectivity index (χ2n) is 3.52. The summed E-state index contributed by atoms with van der Waals surface area (Å²) in [5.74, 6) is 1.57. The number of rotatable bonds is 0. The fourth-order valence-electron chi connectivity index (χ4n) is 1.55. The molecular weight excluding hydrogens is 156 g/mol. The van der Waals surface area contributed by atoms with Crippen LogP contribution in [0.15, 0.2) is 0 Å². The second kappa shape index (κ2) is 2.55. The second-order valence-corrected chi connectivity index (χ2v) is 4.05. The van der Waals surface area contributed by atoms with E-state index in [1.54, 1.807) is 0 Å². The van der Waals surface area contributed by atoms with Gasteiger partial charge >= 0.3 is 0 Å². The normalized spacial score (nSPS) is 30.0. The lowest BCUT2D eigenvalue weighted by Crippen LogP contribution is -2.20. The quantitative estimate of drug-likeness (QED) is 0.591. The molecule has 0 spiro atoms. The SMILES string of the molecule is CC1Cc2nsnc2C[C@@H]1C. The highest BCUT2D eigenvalue weighted by molar-refractivity contribution is 6.99. The van der Waals surface area contributed by atoms with Crippen molar-refractivity contribution < 1.29 is 0 Å². The third-order valence-corrected chi connectivity index (χ3v) is 3.24. The minimum Gasteiger partial charge on any atom is -0.178 e. The monoisotopic (exact) mass is 168 g/mol. The van der Waals surface area contributed by atoms with Gasteiger partial charge in [-0.2, -0.15) is 8.75 Å². The summed E-state index contributed by atoms with van der Waals surface area (Å²) < 4.78 is 8.54. The maximum absolute atomic E-state index is 4.27. The van der Waals surface area contributed by atoms with Crippen molar-refractivity contribution in [2.45, 2.75) is 26.7 Å². The average Bonchev–Trinajstić information content (AvgIpc) is 2.36. The molecule has 1 aromatic heterocycles. The van der Waals surface area contributed by atoms with Crippen LogP contribution in [0.25, 0.3) is 0 Å². The Morgan fingerprint density at radius 2 is 1.55 bits per heavy atom. The summed E-state index contributed by atoms with van der Waals surface area (Å²) in [6, 6.07) is 0. The number of nitrogens with zero attached hydrogens (tertiary/aromatic N) is 2. The molecule has 0 saturated heterocycles. The van der Waals surface area contributed by atoms with Gasteiger partial charge in [-0.3, -0.25) is 0 Å². The first-order chi connectivity index (χ1) is 5.27. The number of hydrogen-bond acceptors (Lipinski definition) is 3. The summed E-state index contributed by atoms with van der Waals surface area (Å²) in [5.41, 5.74) is 2.50. The Bertz CT molecular complexity index is 232. The molecule has 0 fully saturated rings. The van der Waals surface area contributed by atoms with E-state index in [0.29, 0.717) is 0 Å². The van der Waals surface area contributed by atoms with Gasteiger partial charge in [0.05, 0.1) is 23.1 Å². The summed E-state index contributed by atoms with van der Waals surface area (Å²) in [7, 11) is 0. The van der Waals surface area contributed by atoms with Gasteiger partial charge in [-0.05, 0) is 24.7 Å². The van der Waals surface area contributed by atoms with Crippen molar-refractivity contribution in [3.05, 3.63) is 11.4 Å². The van der Waals surface area contributed by atoms with Crippen molar-refractivity contribution in [1.29, 1.82) is 0 Å². The number of aromatic nitrogens is 2. The molecule has 0 saturated carbocycles. The molecule has 2 atom stereocenters. The molecule has 1 heterocycles. The summed E-state index contributed by atoms with van der Waals surface area (Å²) in [6.07, 6.45) is 2.26. The topological polar surface area (TPSA) is 25.8 Å². The van der Waals surface area contributed by atoms with E-state index in [1.165, 1.54) is 23.1 Å². The number of fused-ring (bicyclic) bond motifs is 1. The van der Waals surface area contributed by atoms with Crippen molar-refractivity contribution in [3.8, 4) is 0 Å². The maximum atomic E-state index is 4.27. The maximum Gasteiger partial charge on any atom is 0.0777 e. The summed E-state index contributed by atoms with van der Waals surface area (Å²) in [4.78, 5) is 0. The molecule has 0 amide bonds. The molecule has 1 aliphatic rings. The Hall–Kier alpha value is -0.440. The molecule has 11 heavy (non-hydrogen) atoms. The van der Waals surface area contributed by atoms with Gasteiger partial charge in [0.15, 0.2) is 0 Å². The molecule has 3 heteroatoms. The Balaban J connectivity index is 2.30. The van der Waals surface area contributed by atoms with Gasteiger partial charge in [0.25, 0.3) is 0 Å². The fraction of sp³-hybridized carbons (Fsp3) is 0.750. The standard InChI is InChI=1S/C8H12N2S/c1-5-3-7-8(4-6(5)2)10-11-9-7/h5-6H,3-4H2,1-2H3/t5-,6?/m0/s1. The van der Waals surface area contributed by atoms with E-state index in [2.05, 4.69) is 22.6 Å². The zero-order chi connectivity index (χ0) is 7.84. The molecule has 1 aromatic rings. The Morgan fingerprint density at radius 1 is 1.09 bits per heavy atom. The van der Waals surface area contributed by atoms with E-state index in [-0.39, 0.29) is 0 Å². The molecule has 0 aliphatic heterocycles. The summed E-state index contributed by atoms with van der Waals surface area (Å²) >= 11 is 1.36. The molecule has 1 unspecified atom stereocenters. The highest BCUT2D eigenvalue weighted by Gasteiger charge is 2.24. The van der Waals surface area contributed by atoms with E-state index in [9.17, 15) is 0 Å². The molecule has 0 aromatic carbocycles. The molecule has 60 valence electrons. The summed E-state index contributed by atoms with van der Waals surface area (Å²) in [6.45, 7) is 4.60. The van der Waals surface area contributed by atoms with Crippen molar-refractivity contribution in [2.24, 2.45) is 11.8 Å². The van der Waals surface area contributed by atoms with Crippen LogP contribution in [0, 0.1) is 11.8 Å². The van der Waals surface area contributed by atoms with Crippen molar-refractivity contribution in [2.75, 3.05) is 0 Å². The Kier molecular flexibility index (Phi) is 1.68. The third-order valence-electron chi connectivity index (χ3n) is 2.64. The lowest BCUT2D eigenvalue weighted by molar-refractivity contribution is 0.355. The first-order valence-corrected chi connectivity index (χ1v) is 4.80. The van der Waals surface area contributed by atoms with Crippen molar-refractivity contribution >= 4 is 11.7 Å². The summed E-state index contributed by atoms with van der Waals surface area (Å²) in [5, 5.41) is 0. The average molecular weight is 168 g/mol. The lowest BCUT2D eigenvalue weighted by atomic mass is 9.82. The minimum absolute atomic E-state index is 0.784. The van der Waals surface area contributed by atoms with Crippen molar-refractivity contribution in [3.63, 3.8) is 0 Å². The van der Waals surface area contributed by atoms with Gasteiger partial charge in [-0.25, -0.2) is 0 Å². The molecule has 2 rings (SSSR count). The third kappa shape index (κ3) is 1.18. The van der Waals surface area contributed by atoms with E-state index >= 15 is 0 Å². The van der Waals surface area contributed by atoms with Crippen LogP contribution in [0.3, 0.4) is 0 Å². The van der Waals surface area contributed by atoms with E-state index < -0.39 is 0 Å². The zero-order valence-electron chi connectivity index (χ0n) is 6.87. The van der Waals surface area contributed by atoms with Crippen LogP contribution in [-0.2, 0) is 12.8 Å². The lowest BCUT2D eigenvalue weighted by Gasteiger charge is -2.23. The van der Waals surface area contributed by atoms with Crippen LogP contribution in [0.2, 0.25) is 0 Å². The first kappa shape index (κ1) is 7.22. The predicted octanol–water partition coefficient (Wildman–Crippen LogP) is 1.91. The molecule has 1 aliphatic carbocycles. The van der Waals surface area contributed by atoms with Gasteiger partial charge < -0.3 is 0 Å². The molecule has 0 radical (unpaired) electrons.